The van der Waals surface area contributed by atoms with E-state index in [-0.39, 0.29) is 23.4 Å². The van der Waals surface area contributed by atoms with Crippen LogP contribution in [0.15, 0.2) is 53.7 Å². The highest BCUT2D eigenvalue weighted by molar-refractivity contribution is 7.89. The van der Waals surface area contributed by atoms with Gasteiger partial charge in [0, 0.05) is 32.0 Å². The molecule has 0 atom stereocenters. The van der Waals surface area contributed by atoms with E-state index in [9.17, 15) is 13.2 Å². The highest BCUT2D eigenvalue weighted by Crippen LogP contribution is 2.29. The smallest absolute Gasteiger partial charge is 0.244 e. The minimum atomic E-state index is -3.74. The second kappa shape index (κ2) is 8.41. The Bertz CT molecular complexity index is 908. The van der Waals surface area contributed by atoms with Gasteiger partial charge in [-0.2, -0.15) is 4.31 Å². The summed E-state index contributed by atoms with van der Waals surface area (Å²) in [4.78, 5) is 18.7. The lowest BCUT2D eigenvalue weighted by molar-refractivity contribution is -0.132. The molecule has 0 unspecified atom stereocenters. The van der Waals surface area contributed by atoms with E-state index in [0.717, 1.165) is 22.7 Å². The van der Waals surface area contributed by atoms with Crippen LogP contribution in [0.2, 0.25) is 0 Å². The number of pyridine rings is 1. The van der Waals surface area contributed by atoms with Gasteiger partial charge in [-0.05, 0) is 42.0 Å². The summed E-state index contributed by atoms with van der Waals surface area (Å²) >= 11 is 0. The maximum Gasteiger partial charge on any atom is 0.244 e. The van der Waals surface area contributed by atoms with Crippen molar-refractivity contribution in [2.75, 3.05) is 13.6 Å². The van der Waals surface area contributed by atoms with Crippen LogP contribution in [0.25, 0.3) is 0 Å². The van der Waals surface area contributed by atoms with Gasteiger partial charge in [0.25, 0.3) is 0 Å². The van der Waals surface area contributed by atoms with E-state index in [2.05, 4.69) is 31.0 Å². The van der Waals surface area contributed by atoms with Crippen molar-refractivity contribution < 1.29 is 13.2 Å². The fraction of sp³-hybridized carbons (Fsp3) is 0.429. The van der Waals surface area contributed by atoms with Crippen molar-refractivity contribution in [3.8, 4) is 0 Å². The summed E-state index contributed by atoms with van der Waals surface area (Å²) in [7, 11) is -2.30. The molecule has 0 spiro atoms. The molecule has 1 fully saturated rings. The van der Waals surface area contributed by atoms with Gasteiger partial charge in [-0.25, -0.2) is 8.42 Å². The number of carbonyl (C=O) groups excluding carboxylic acids is 1. The van der Waals surface area contributed by atoms with Crippen LogP contribution < -0.4 is 0 Å². The fourth-order valence-corrected chi connectivity index (χ4v) is 4.14. The minimum absolute atomic E-state index is 0.0903. The molecule has 1 heterocycles. The molecule has 0 N–H and O–H groups in total. The number of benzene rings is 1. The number of sulfonamides is 1. The van der Waals surface area contributed by atoms with Gasteiger partial charge in [-0.3, -0.25) is 9.78 Å². The molecule has 0 saturated heterocycles. The van der Waals surface area contributed by atoms with Gasteiger partial charge in [0.05, 0.1) is 6.54 Å². The van der Waals surface area contributed by atoms with Gasteiger partial charge in [-0.1, -0.05) is 38.1 Å². The van der Waals surface area contributed by atoms with E-state index in [4.69, 9.17) is 0 Å². The lowest BCUT2D eigenvalue weighted by Gasteiger charge is -2.25. The monoisotopic (exact) mass is 401 g/mol. The van der Waals surface area contributed by atoms with Crippen molar-refractivity contribution in [2.24, 2.45) is 0 Å². The number of amides is 1. The zero-order valence-electron chi connectivity index (χ0n) is 16.6. The molecule has 7 heteroatoms. The normalized spacial score (nSPS) is 14.5. The average molecular weight is 402 g/mol. The van der Waals surface area contributed by atoms with Gasteiger partial charge in [0.15, 0.2) is 0 Å². The Kier molecular flexibility index (Phi) is 6.15. The summed E-state index contributed by atoms with van der Waals surface area (Å²) in [5.74, 6) is 0.284. The predicted molar refractivity (Wildman–Crippen MR) is 108 cm³/mol. The third-order valence-electron chi connectivity index (χ3n) is 5.01. The summed E-state index contributed by atoms with van der Waals surface area (Å²) in [5, 5.41) is 0. The highest BCUT2D eigenvalue weighted by Gasteiger charge is 2.34. The molecule has 0 bridgehead atoms. The molecule has 1 aromatic carbocycles. The Balaban J connectivity index is 1.70. The summed E-state index contributed by atoms with van der Waals surface area (Å²) in [6.07, 6.45) is 4.75. The molecule has 3 rings (SSSR count). The standard InChI is InChI=1S/C21H27N3O3S/c1-16(2)18-8-6-17(7-9-18)14-24(19-10-11-19)21(25)15-23(3)28(26,27)20-5-4-12-22-13-20/h4-9,12-13,16,19H,10-11,14-15H2,1-3H3. The lowest BCUT2D eigenvalue weighted by Crippen LogP contribution is -2.41. The van der Waals surface area contributed by atoms with Gasteiger partial charge >= 0.3 is 0 Å². The Hall–Kier alpha value is -2.25. The molecular weight excluding hydrogens is 374 g/mol. The number of rotatable bonds is 8. The van der Waals surface area contributed by atoms with Crippen LogP contribution in [0.3, 0.4) is 0 Å². The summed E-state index contributed by atoms with van der Waals surface area (Å²) < 4.78 is 26.4. The Morgan fingerprint density at radius 3 is 2.39 bits per heavy atom. The number of hydrogen-bond acceptors (Lipinski definition) is 4. The second-order valence-electron chi connectivity index (χ2n) is 7.60. The van der Waals surface area contributed by atoms with Crippen LogP contribution in [0.5, 0.6) is 0 Å². The van der Waals surface area contributed by atoms with Crippen LogP contribution in [-0.2, 0) is 21.4 Å². The van der Waals surface area contributed by atoms with Crippen molar-refractivity contribution in [3.63, 3.8) is 0 Å². The summed E-state index contributed by atoms with van der Waals surface area (Å²) in [6.45, 7) is 4.61. The molecule has 28 heavy (non-hydrogen) atoms. The first-order valence-corrected chi connectivity index (χ1v) is 11.0. The first-order chi connectivity index (χ1) is 13.3. The number of hydrogen-bond donors (Lipinski definition) is 0. The molecule has 1 aliphatic carbocycles. The number of aromatic nitrogens is 1. The second-order valence-corrected chi connectivity index (χ2v) is 9.64. The van der Waals surface area contributed by atoms with Crippen molar-refractivity contribution in [1.29, 1.82) is 0 Å². The SMILES string of the molecule is CC(C)c1ccc(CN(C(=O)CN(C)S(=O)(=O)c2cccnc2)C2CC2)cc1. The first kappa shape index (κ1) is 20.5. The maximum absolute atomic E-state index is 12.9. The molecule has 1 amide bonds. The third kappa shape index (κ3) is 4.77. The van der Waals surface area contributed by atoms with Crippen LogP contribution in [0.4, 0.5) is 0 Å². The molecular formula is C21H27N3O3S. The zero-order valence-corrected chi connectivity index (χ0v) is 17.4. The quantitative estimate of drug-likeness (QED) is 0.682. The lowest BCUT2D eigenvalue weighted by atomic mass is 10.0. The van der Waals surface area contributed by atoms with Crippen molar-refractivity contribution in [2.45, 2.75) is 50.1 Å². The third-order valence-corrected chi connectivity index (χ3v) is 6.79. The molecule has 6 nitrogen and oxygen atoms in total. The largest absolute Gasteiger partial charge is 0.334 e. The van der Waals surface area contributed by atoms with E-state index < -0.39 is 10.0 Å². The molecule has 1 aromatic heterocycles. The van der Waals surface area contributed by atoms with Crippen molar-refractivity contribution in [3.05, 3.63) is 59.9 Å². The van der Waals surface area contributed by atoms with Crippen LogP contribution in [0, 0.1) is 0 Å². The molecule has 1 aliphatic rings. The number of carbonyl (C=O) groups is 1. The van der Waals surface area contributed by atoms with Crippen LogP contribution >= 0.6 is 0 Å². The molecule has 2 aromatic rings. The van der Waals surface area contributed by atoms with E-state index >= 15 is 0 Å². The van der Waals surface area contributed by atoms with E-state index in [0.29, 0.717) is 12.5 Å². The van der Waals surface area contributed by atoms with E-state index in [1.165, 1.54) is 31.1 Å². The van der Waals surface area contributed by atoms with Gasteiger partial charge in [-0.15, -0.1) is 0 Å². The fourth-order valence-electron chi connectivity index (χ4n) is 3.06. The molecule has 0 radical (unpaired) electrons. The molecule has 1 saturated carbocycles. The summed E-state index contributed by atoms with van der Waals surface area (Å²) in [5.41, 5.74) is 2.32. The molecule has 0 aliphatic heterocycles. The van der Waals surface area contributed by atoms with Gasteiger partial charge in [0.1, 0.15) is 4.90 Å². The Morgan fingerprint density at radius 1 is 1.18 bits per heavy atom. The summed E-state index contributed by atoms with van der Waals surface area (Å²) in [6, 6.07) is 11.5. The van der Waals surface area contributed by atoms with Crippen molar-refractivity contribution in [1.82, 2.24) is 14.2 Å². The Morgan fingerprint density at radius 2 is 1.86 bits per heavy atom. The average Bonchev–Trinajstić information content (AvgIpc) is 3.52. The Labute approximate surface area is 167 Å². The van der Waals surface area contributed by atoms with Gasteiger partial charge < -0.3 is 4.90 Å². The first-order valence-electron chi connectivity index (χ1n) is 9.53. The minimum Gasteiger partial charge on any atom is -0.334 e. The maximum atomic E-state index is 12.9. The van der Waals surface area contributed by atoms with E-state index in [1.54, 1.807) is 11.0 Å². The number of nitrogens with zero attached hydrogens (tertiary/aromatic N) is 3. The predicted octanol–water partition coefficient (Wildman–Crippen LogP) is 3.02. The zero-order chi connectivity index (χ0) is 20.3. The van der Waals surface area contributed by atoms with E-state index in [1.807, 2.05) is 12.1 Å². The van der Waals surface area contributed by atoms with Gasteiger partial charge in [0.2, 0.25) is 15.9 Å². The van der Waals surface area contributed by atoms with Crippen LogP contribution in [0.1, 0.15) is 43.7 Å². The highest BCUT2D eigenvalue weighted by atomic mass is 32.2. The topological polar surface area (TPSA) is 70.6 Å². The van der Waals surface area contributed by atoms with Crippen LogP contribution in [-0.4, -0.2) is 48.1 Å². The van der Waals surface area contributed by atoms with Crippen molar-refractivity contribution >= 4 is 15.9 Å². The number of likely N-dealkylation sites (N-methyl/N-ethyl adjacent to an activating group) is 1. The molecule has 150 valence electrons.